The summed E-state index contributed by atoms with van der Waals surface area (Å²) in [6.45, 7) is 6.43. The predicted octanol–water partition coefficient (Wildman–Crippen LogP) is 3.61. The van der Waals surface area contributed by atoms with Crippen LogP contribution in [0.15, 0.2) is 23.1 Å². The molecule has 2 N–H and O–H groups in total. The van der Waals surface area contributed by atoms with Crippen molar-refractivity contribution in [1.29, 1.82) is 0 Å². The zero-order valence-corrected chi connectivity index (χ0v) is 11.3. The van der Waals surface area contributed by atoms with Gasteiger partial charge < -0.3 is 10.5 Å². The number of methoxy groups -OCH3 is 1. The first-order chi connectivity index (χ1) is 7.60. The normalized spacial score (nSPS) is 14.6. The van der Waals surface area contributed by atoms with Crippen LogP contribution in [0.25, 0.3) is 0 Å². The van der Waals surface area contributed by atoms with Crippen LogP contribution < -0.4 is 10.5 Å². The summed E-state index contributed by atoms with van der Waals surface area (Å²) in [5, 5.41) is 0.601. The van der Waals surface area contributed by atoms with Crippen molar-refractivity contribution < 1.29 is 4.74 Å². The molecule has 0 fully saturated rings. The smallest absolute Gasteiger partial charge is 0.124 e. The molecule has 1 aromatic rings. The topological polar surface area (TPSA) is 35.2 Å². The number of nitrogens with two attached hydrogens (primary N) is 1. The molecule has 0 heterocycles. The third-order valence-corrected chi connectivity index (χ3v) is 3.95. The summed E-state index contributed by atoms with van der Waals surface area (Å²) in [6, 6.07) is 6.12. The minimum absolute atomic E-state index is 0.00251. The van der Waals surface area contributed by atoms with E-state index in [4.69, 9.17) is 10.5 Å². The lowest BCUT2D eigenvalue weighted by Gasteiger charge is -2.18. The zero-order chi connectivity index (χ0) is 12.1. The lowest BCUT2D eigenvalue weighted by atomic mass is 10.1. The lowest BCUT2D eigenvalue weighted by molar-refractivity contribution is 0.405. The quantitative estimate of drug-likeness (QED) is 0.797. The van der Waals surface area contributed by atoms with E-state index in [0.717, 1.165) is 17.7 Å². The average Bonchev–Trinajstić information content (AvgIpc) is 2.28. The van der Waals surface area contributed by atoms with Crippen molar-refractivity contribution in [3.05, 3.63) is 23.8 Å². The van der Waals surface area contributed by atoms with Crippen molar-refractivity contribution >= 4 is 11.8 Å². The third-order valence-electron chi connectivity index (χ3n) is 2.60. The summed E-state index contributed by atoms with van der Waals surface area (Å²) >= 11 is 1.87. The number of ether oxygens (including phenoxy) is 1. The SMILES string of the molecule is CCC(C)Sc1cccc(OC)c1C(C)N. The van der Waals surface area contributed by atoms with E-state index in [1.165, 1.54) is 4.90 Å². The Morgan fingerprint density at radius 1 is 1.38 bits per heavy atom. The molecule has 0 aliphatic rings. The molecule has 0 amide bonds. The van der Waals surface area contributed by atoms with Crippen LogP contribution in [0.4, 0.5) is 0 Å². The zero-order valence-electron chi connectivity index (χ0n) is 10.5. The Hall–Kier alpha value is -0.670. The Kier molecular flexibility index (Phi) is 5.16. The molecule has 2 unspecified atom stereocenters. The highest BCUT2D eigenvalue weighted by atomic mass is 32.2. The van der Waals surface area contributed by atoms with E-state index in [0.29, 0.717) is 5.25 Å². The van der Waals surface area contributed by atoms with Crippen LogP contribution >= 0.6 is 11.8 Å². The van der Waals surface area contributed by atoms with E-state index in [9.17, 15) is 0 Å². The molecule has 0 aliphatic heterocycles. The highest BCUT2D eigenvalue weighted by molar-refractivity contribution is 8.00. The van der Waals surface area contributed by atoms with Gasteiger partial charge in [-0.05, 0) is 25.5 Å². The van der Waals surface area contributed by atoms with Crippen LogP contribution in [0.1, 0.15) is 38.8 Å². The van der Waals surface area contributed by atoms with Gasteiger partial charge in [-0.25, -0.2) is 0 Å². The van der Waals surface area contributed by atoms with Crippen LogP contribution in [-0.2, 0) is 0 Å². The number of rotatable bonds is 5. The average molecular weight is 239 g/mol. The molecule has 1 rings (SSSR count). The Morgan fingerprint density at radius 3 is 2.56 bits per heavy atom. The Labute approximate surface area is 103 Å². The maximum absolute atomic E-state index is 6.01. The fourth-order valence-electron chi connectivity index (χ4n) is 1.55. The highest BCUT2D eigenvalue weighted by Crippen LogP contribution is 2.36. The van der Waals surface area contributed by atoms with Crippen LogP contribution in [0.2, 0.25) is 0 Å². The molecule has 0 aromatic heterocycles. The summed E-state index contributed by atoms with van der Waals surface area (Å²) in [5.41, 5.74) is 7.14. The van der Waals surface area contributed by atoms with Crippen molar-refractivity contribution in [3.63, 3.8) is 0 Å². The van der Waals surface area contributed by atoms with Crippen LogP contribution in [-0.4, -0.2) is 12.4 Å². The number of hydrogen-bond donors (Lipinski definition) is 1. The van der Waals surface area contributed by atoms with Crippen LogP contribution in [0.3, 0.4) is 0 Å². The minimum Gasteiger partial charge on any atom is -0.496 e. The molecule has 2 atom stereocenters. The minimum atomic E-state index is 0.00251. The molecule has 1 aromatic carbocycles. The van der Waals surface area contributed by atoms with Crippen molar-refractivity contribution in [3.8, 4) is 5.75 Å². The third kappa shape index (κ3) is 3.16. The maximum Gasteiger partial charge on any atom is 0.124 e. The maximum atomic E-state index is 6.01. The molecule has 3 heteroatoms. The fraction of sp³-hybridized carbons (Fsp3) is 0.538. The van der Waals surface area contributed by atoms with Gasteiger partial charge in [0.2, 0.25) is 0 Å². The van der Waals surface area contributed by atoms with Gasteiger partial charge in [0.05, 0.1) is 7.11 Å². The Bertz CT molecular complexity index is 339. The Morgan fingerprint density at radius 2 is 2.06 bits per heavy atom. The van der Waals surface area contributed by atoms with Crippen LogP contribution in [0, 0.1) is 0 Å². The van der Waals surface area contributed by atoms with Gasteiger partial charge in [0.15, 0.2) is 0 Å². The summed E-state index contributed by atoms with van der Waals surface area (Å²) in [4.78, 5) is 1.24. The first kappa shape index (κ1) is 13.4. The summed E-state index contributed by atoms with van der Waals surface area (Å²) in [6.07, 6.45) is 1.15. The largest absolute Gasteiger partial charge is 0.496 e. The second kappa shape index (κ2) is 6.16. The molecule has 16 heavy (non-hydrogen) atoms. The standard InChI is InChI=1S/C13H21NOS/c1-5-9(2)16-12-8-6-7-11(15-4)13(12)10(3)14/h6-10H,5,14H2,1-4H3. The molecule has 0 aliphatic carbocycles. The first-order valence-corrected chi connectivity index (χ1v) is 6.57. The Balaban J connectivity index is 3.07. The number of benzene rings is 1. The van der Waals surface area contributed by atoms with Gasteiger partial charge in [-0.15, -0.1) is 11.8 Å². The molecule has 0 saturated heterocycles. The molecule has 0 spiro atoms. The fourth-order valence-corrected chi connectivity index (χ4v) is 2.72. The van der Waals surface area contributed by atoms with E-state index in [-0.39, 0.29) is 6.04 Å². The van der Waals surface area contributed by atoms with Gasteiger partial charge in [-0.2, -0.15) is 0 Å². The van der Waals surface area contributed by atoms with Gasteiger partial charge in [-0.1, -0.05) is 19.9 Å². The van der Waals surface area contributed by atoms with E-state index in [2.05, 4.69) is 19.9 Å². The van der Waals surface area contributed by atoms with Crippen molar-refractivity contribution in [2.24, 2.45) is 5.73 Å². The summed E-state index contributed by atoms with van der Waals surface area (Å²) in [5.74, 6) is 0.892. The summed E-state index contributed by atoms with van der Waals surface area (Å²) in [7, 11) is 1.69. The highest BCUT2D eigenvalue weighted by Gasteiger charge is 2.14. The predicted molar refractivity (Wildman–Crippen MR) is 71.2 cm³/mol. The van der Waals surface area contributed by atoms with Crippen LogP contribution in [0.5, 0.6) is 5.75 Å². The summed E-state index contributed by atoms with van der Waals surface area (Å²) < 4.78 is 5.37. The van der Waals surface area contributed by atoms with E-state index in [1.54, 1.807) is 7.11 Å². The van der Waals surface area contributed by atoms with Gasteiger partial charge >= 0.3 is 0 Å². The second-order valence-corrected chi connectivity index (χ2v) is 5.48. The molecule has 0 radical (unpaired) electrons. The van der Waals surface area contributed by atoms with Gasteiger partial charge in [0, 0.05) is 21.8 Å². The molecule has 2 nitrogen and oxygen atoms in total. The number of hydrogen-bond acceptors (Lipinski definition) is 3. The lowest BCUT2D eigenvalue weighted by Crippen LogP contribution is -2.09. The second-order valence-electron chi connectivity index (χ2n) is 4.00. The molecule has 0 saturated carbocycles. The van der Waals surface area contributed by atoms with E-state index >= 15 is 0 Å². The molecule has 90 valence electrons. The van der Waals surface area contributed by atoms with Crippen molar-refractivity contribution in [1.82, 2.24) is 0 Å². The van der Waals surface area contributed by atoms with Gasteiger partial charge in [-0.3, -0.25) is 0 Å². The molecular formula is C13H21NOS. The van der Waals surface area contributed by atoms with E-state index in [1.807, 2.05) is 30.8 Å². The number of thioether (sulfide) groups is 1. The van der Waals surface area contributed by atoms with Gasteiger partial charge in [0.25, 0.3) is 0 Å². The monoisotopic (exact) mass is 239 g/mol. The van der Waals surface area contributed by atoms with Crippen molar-refractivity contribution in [2.45, 2.75) is 43.4 Å². The van der Waals surface area contributed by atoms with Gasteiger partial charge in [0.1, 0.15) is 5.75 Å². The molecule has 0 bridgehead atoms. The van der Waals surface area contributed by atoms with E-state index < -0.39 is 0 Å². The molecular weight excluding hydrogens is 218 g/mol. The first-order valence-electron chi connectivity index (χ1n) is 5.69. The van der Waals surface area contributed by atoms with Crippen molar-refractivity contribution in [2.75, 3.05) is 7.11 Å².